The van der Waals surface area contributed by atoms with Crippen molar-refractivity contribution in [3.05, 3.63) is 18.1 Å². The molecule has 6 nitrogen and oxygen atoms in total. The van der Waals surface area contributed by atoms with Gasteiger partial charge in [-0.1, -0.05) is 6.92 Å². The molecule has 110 valence electrons. The lowest BCUT2D eigenvalue weighted by atomic mass is 10.3. The van der Waals surface area contributed by atoms with Crippen LogP contribution in [0.3, 0.4) is 0 Å². The molecule has 2 rings (SSSR count). The summed E-state index contributed by atoms with van der Waals surface area (Å²) in [4.78, 5) is 24.9. The molecule has 1 aliphatic rings. The van der Waals surface area contributed by atoms with Crippen molar-refractivity contribution in [3.63, 3.8) is 0 Å². The van der Waals surface area contributed by atoms with E-state index in [-0.39, 0.29) is 5.91 Å². The highest BCUT2D eigenvalue weighted by Crippen LogP contribution is 2.08. The Balaban J connectivity index is 1.97. The molecule has 0 radical (unpaired) electrons. The molecule has 1 fully saturated rings. The van der Waals surface area contributed by atoms with Crippen LogP contribution in [0.25, 0.3) is 0 Å². The number of carbonyl (C=O) groups is 1. The van der Waals surface area contributed by atoms with E-state index in [1.165, 1.54) is 0 Å². The van der Waals surface area contributed by atoms with Gasteiger partial charge in [0.05, 0.1) is 12.4 Å². The van der Waals surface area contributed by atoms with Crippen molar-refractivity contribution >= 4 is 11.7 Å². The zero-order valence-electron chi connectivity index (χ0n) is 12.3. The quantitative estimate of drug-likeness (QED) is 0.892. The van der Waals surface area contributed by atoms with Crippen LogP contribution >= 0.6 is 0 Å². The molecule has 0 aliphatic carbocycles. The van der Waals surface area contributed by atoms with E-state index in [4.69, 9.17) is 0 Å². The minimum atomic E-state index is -0.0187. The third-order valence-electron chi connectivity index (χ3n) is 3.43. The molecule has 0 spiro atoms. The van der Waals surface area contributed by atoms with E-state index in [9.17, 15) is 4.79 Å². The lowest BCUT2D eigenvalue weighted by Gasteiger charge is -2.19. The highest BCUT2D eigenvalue weighted by molar-refractivity contribution is 5.92. The summed E-state index contributed by atoms with van der Waals surface area (Å²) in [6.07, 6.45) is 5.23. The van der Waals surface area contributed by atoms with Gasteiger partial charge >= 0.3 is 0 Å². The molecule has 0 saturated carbocycles. The second-order valence-electron chi connectivity index (χ2n) is 5.16. The fourth-order valence-corrected chi connectivity index (χ4v) is 2.19. The normalized spacial score (nSPS) is 16.8. The number of amides is 1. The van der Waals surface area contributed by atoms with Crippen molar-refractivity contribution in [1.82, 2.24) is 19.8 Å². The SMILES string of the molecule is CCCNc1cnc(C(=O)N2CCCN(C)CC2)cn1. The zero-order valence-corrected chi connectivity index (χ0v) is 12.3. The lowest BCUT2D eigenvalue weighted by Crippen LogP contribution is -2.35. The highest BCUT2D eigenvalue weighted by atomic mass is 16.2. The first kappa shape index (κ1) is 14.7. The Morgan fingerprint density at radius 1 is 1.25 bits per heavy atom. The van der Waals surface area contributed by atoms with E-state index in [1.807, 2.05) is 4.90 Å². The lowest BCUT2D eigenvalue weighted by molar-refractivity contribution is 0.0756. The standard InChI is InChI=1S/C14H23N5O/c1-3-5-15-13-11-16-12(10-17-13)14(20)19-7-4-6-18(2)8-9-19/h10-11H,3-9H2,1-2H3,(H,15,17). The summed E-state index contributed by atoms with van der Waals surface area (Å²) < 4.78 is 0. The highest BCUT2D eigenvalue weighted by Gasteiger charge is 2.20. The van der Waals surface area contributed by atoms with Crippen LogP contribution in [0.15, 0.2) is 12.4 Å². The zero-order chi connectivity index (χ0) is 14.4. The average molecular weight is 277 g/mol. The summed E-state index contributed by atoms with van der Waals surface area (Å²) in [5, 5.41) is 3.15. The molecule has 1 saturated heterocycles. The van der Waals surface area contributed by atoms with Gasteiger partial charge in [-0.15, -0.1) is 0 Å². The number of rotatable bonds is 4. The average Bonchev–Trinajstić information content (AvgIpc) is 2.70. The maximum absolute atomic E-state index is 12.4. The van der Waals surface area contributed by atoms with Crippen molar-refractivity contribution < 1.29 is 4.79 Å². The first-order valence-electron chi connectivity index (χ1n) is 7.24. The number of nitrogens with one attached hydrogen (secondary N) is 1. The molecule has 1 aromatic rings. The second-order valence-corrected chi connectivity index (χ2v) is 5.16. The fraction of sp³-hybridized carbons (Fsp3) is 0.643. The largest absolute Gasteiger partial charge is 0.369 e. The molecule has 1 N–H and O–H groups in total. The van der Waals surface area contributed by atoms with Gasteiger partial charge in [0.15, 0.2) is 0 Å². The first-order chi connectivity index (χ1) is 9.70. The number of hydrogen-bond acceptors (Lipinski definition) is 5. The van der Waals surface area contributed by atoms with Gasteiger partial charge in [-0.25, -0.2) is 9.97 Å². The second kappa shape index (κ2) is 7.19. The van der Waals surface area contributed by atoms with Crippen LogP contribution < -0.4 is 5.32 Å². The van der Waals surface area contributed by atoms with Crippen molar-refractivity contribution in [2.24, 2.45) is 0 Å². The van der Waals surface area contributed by atoms with Crippen molar-refractivity contribution in [2.75, 3.05) is 45.1 Å². The Bertz CT molecular complexity index is 434. The molecular weight excluding hydrogens is 254 g/mol. The third kappa shape index (κ3) is 3.90. The van der Waals surface area contributed by atoms with Gasteiger partial charge in [0, 0.05) is 26.2 Å². The smallest absolute Gasteiger partial charge is 0.274 e. The Labute approximate surface area is 120 Å². The molecule has 6 heteroatoms. The van der Waals surface area contributed by atoms with Gasteiger partial charge in [-0.2, -0.15) is 0 Å². The van der Waals surface area contributed by atoms with Crippen LogP contribution in [0, 0.1) is 0 Å². The van der Waals surface area contributed by atoms with Crippen LogP contribution in [0.1, 0.15) is 30.3 Å². The molecule has 0 unspecified atom stereocenters. The number of carbonyl (C=O) groups excluding carboxylic acids is 1. The van der Waals surface area contributed by atoms with Gasteiger partial charge in [-0.3, -0.25) is 4.79 Å². The topological polar surface area (TPSA) is 61.4 Å². The number of anilines is 1. The Morgan fingerprint density at radius 2 is 2.10 bits per heavy atom. The summed E-state index contributed by atoms with van der Waals surface area (Å²) in [6.45, 7) is 6.45. The van der Waals surface area contributed by atoms with E-state index < -0.39 is 0 Å². The van der Waals surface area contributed by atoms with Gasteiger partial charge in [-0.05, 0) is 26.4 Å². The van der Waals surface area contributed by atoms with Crippen molar-refractivity contribution in [1.29, 1.82) is 0 Å². The minimum absolute atomic E-state index is 0.0187. The van der Waals surface area contributed by atoms with E-state index >= 15 is 0 Å². The molecule has 1 aromatic heterocycles. The minimum Gasteiger partial charge on any atom is -0.369 e. The fourth-order valence-electron chi connectivity index (χ4n) is 2.19. The number of aromatic nitrogens is 2. The van der Waals surface area contributed by atoms with Crippen molar-refractivity contribution in [3.8, 4) is 0 Å². The third-order valence-corrected chi connectivity index (χ3v) is 3.43. The summed E-state index contributed by atoms with van der Waals surface area (Å²) in [6, 6.07) is 0. The summed E-state index contributed by atoms with van der Waals surface area (Å²) in [5.41, 5.74) is 0.427. The van der Waals surface area contributed by atoms with Crippen LogP contribution in [-0.4, -0.2) is 65.4 Å². The summed E-state index contributed by atoms with van der Waals surface area (Å²) in [7, 11) is 2.09. The molecule has 20 heavy (non-hydrogen) atoms. The molecule has 1 amide bonds. The number of likely N-dealkylation sites (N-methyl/N-ethyl adjacent to an activating group) is 1. The monoisotopic (exact) mass is 277 g/mol. The van der Waals surface area contributed by atoms with Gasteiger partial charge in [0.1, 0.15) is 11.5 Å². The van der Waals surface area contributed by atoms with Gasteiger partial charge < -0.3 is 15.1 Å². The number of nitrogens with zero attached hydrogens (tertiary/aromatic N) is 4. The predicted octanol–water partition coefficient (Wildman–Crippen LogP) is 1.08. The maximum Gasteiger partial charge on any atom is 0.274 e. The van der Waals surface area contributed by atoms with E-state index in [2.05, 4.69) is 34.2 Å². The van der Waals surface area contributed by atoms with Crippen molar-refractivity contribution in [2.45, 2.75) is 19.8 Å². The van der Waals surface area contributed by atoms with Crippen LogP contribution in [-0.2, 0) is 0 Å². The van der Waals surface area contributed by atoms with E-state index in [0.29, 0.717) is 5.69 Å². The van der Waals surface area contributed by atoms with Gasteiger partial charge in [0.2, 0.25) is 0 Å². The molecule has 1 aliphatic heterocycles. The van der Waals surface area contributed by atoms with Crippen LogP contribution in [0.2, 0.25) is 0 Å². The number of hydrogen-bond donors (Lipinski definition) is 1. The maximum atomic E-state index is 12.4. The first-order valence-corrected chi connectivity index (χ1v) is 7.24. The Kier molecular flexibility index (Phi) is 5.29. The molecular formula is C14H23N5O. The molecule has 2 heterocycles. The Morgan fingerprint density at radius 3 is 2.80 bits per heavy atom. The summed E-state index contributed by atoms with van der Waals surface area (Å²) in [5.74, 6) is 0.703. The molecule has 0 aromatic carbocycles. The van der Waals surface area contributed by atoms with E-state index in [1.54, 1.807) is 12.4 Å². The molecule has 0 bridgehead atoms. The summed E-state index contributed by atoms with van der Waals surface area (Å²) >= 11 is 0. The van der Waals surface area contributed by atoms with Crippen LogP contribution in [0.5, 0.6) is 0 Å². The Hall–Kier alpha value is -1.69. The van der Waals surface area contributed by atoms with E-state index in [0.717, 1.165) is 51.4 Å². The van der Waals surface area contributed by atoms with Gasteiger partial charge in [0.25, 0.3) is 5.91 Å². The predicted molar refractivity (Wildman–Crippen MR) is 78.8 cm³/mol. The molecule has 0 atom stereocenters. The van der Waals surface area contributed by atoms with Crippen LogP contribution in [0.4, 0.5) is 5.82 Å².